The number of hydrogen-bond donors (Lipinski definition) is 0. The minimum absolute atomic E-state index is 0.128. The van der Waals surface area contributed by atoms with Crippen molar-refractivity contribution in [2.45, 2.75) is 75.2 Å². The van der Waals surface area contributed by atoms with Crippen LogP contribution in [0.15, 0.2) is 48.7 Å². The van der Waals surface area contributed by atoms with E-state index in [4.69, 9.17) is 4.74 Å². The van der Waals surface area contributed by atoms with E-state index in [9.17, 15) is 0 Å². The molecule has 0 amide bonds. The standard InChI is InChI=1S/C37H42NO/c1-21-17-24(19-36(4,5)6)22(2)28-18-30-33-27(31(21)28)15-16-38(10)34(33)32-23(3)25-13-11-12-14-26(25)29(35(32)39-30)20-37(7,8)9/h11-18H,19-20H2,1-10H3/q+1. The van der Waals surface area contributed by atoms with Crippen LogP contribution in [0.1, 0.15) is 69.4 Å². The molecule has 200 valence electrons. The van der Waals surface area contributed by atoms with Gasteiger partial charge in [-0.15, -0.1) is 0 Å². The van der Waals surface area contributed by atoms with Crippen molar-refractivity contribution in [3.8, 4) is 22.8 Å². The quantitative estimate of drug-likeness (QED) is 0.165. The van der Waals surface area contributed by atoms with Crippen molar-refractivity contribution in [3.63, 3.8) is 0 Å². The lowest BCUT2D eigenvalue weighted by atomic mass is 9.81. The summed E-state index contributed by atoms with van der Waals surface area (Å²) in [4.78, 5) is 0. The van der Waals surface area contributed by atoms with E-state index in [-0.39, 0.29) is 10.8 Å². The summed E-state index contributed by atoms with van der Waals surface area (Å²) >= 11 is 0. The monoisotopic (exact) mass is 516 g/mol. The van der Waals surface area contributed by atoms with Gasteiger partial charge in [-0.05, 0) is 94.3 Å². The third kappa shape index (κ3) is 4.11. The van der Waals surface area contributed by atoms with Crippen LogP contribution >= 0.6 is 0 Å². The number of ether oxygens (including phenoxy) is 1. The Hall–Kier alpha value is -3.39. The van der Waals surface area contributed by atoms with E-state index >= 15 is 0 Å². The first kappa shape index (κ1) is 25.9. The van der Waals surface area contributed by atoms with Gasteiger partial charge in [-0.25, -0.2) is 4.57 Å². The van der Waals surface area contributed by atoms with Gasteiger partial charge in [-0.3, -0.25) is 0 Å². The third-order valence-corrected chi connectivity index (χ3v) is 8.46. The van der Waals surface area contributed by atoms with Crippen LogP contribution in [0.4, 0.5) is 0 Å². The van der Waals surface area contributed by atoms with Gasteiger partial charge in [-0.2, -0.15) is 0 Å². The maximum atomic E-state index is 7.10. The maximum absolute atomic E-state index is 7.10. The number of benzene rings is 4. The molecule has 2 nitrogen and oxygen atoms in total. The van der Waals surface area contributed by atoms with E-state index in [2.05, 4.69) is 123 Å². The number of hydrogen-bond acceptors (Lipinski definition) is 1. The van der Waals surface area contributed by atoms with Crippen molar-refractivity contribution < 1.29 is 9.30 Å². The van der Waals surface area contributed by atoms with Crippen LogP contribution in [0.25, 0.3) is 43.6 Å². The fourth-order valence-electron chi connectivity index (χ4n) is 6.86. The lowest BCUT2D eigenvalue weighted by molar-refractivity contribution is -0.659. The van der Waals surface area contributed by atoms with Crippen molar-refractivity contribution in [2.24, 2.45) is 17.9 Å². The molecular weight excluding hydrogens is 474 g/mol. The first-order chi connectivity index (χ1) is 18.2. The van der Waals surface area contributed by atoms with Gasteiger partial charge in [0.1, 0.15) is 18.5 Å². The summed E-state index contributed by atoms with van der Waals surface area (Å²) in [5.74, 6) is 2.02. The van der Waals surface area contributed by atoms with E-state index in [0.717, 1.165) is 24.3 Å². The second-order valence-corrected chi connectivity index (χ2v) is 14.3. The minimum atomic E-state index is 0.128. The smallest absolute Gasteiger partial charge is 0.228 e. The topological polar surface area (TPSA) is 13.1 Å². The lowest BCUT2D eigenvalue weighted by Crippen LogP contribution is -2.32. The fourth-order valence-corrected chi connectivity index (χ4v) is 6.86. The molecule has 0 aliphatic carbocycles. The molecule has 5 aromatic rings. The van der Waals surface area contributed by atoms with E-state index < -0.39 is 0 Å². The average molecular weight is 517 g/mol. The van der Waals surface area contributed by atoms with Crippen LogP contribution in [0.3, 0.4) is 0 Å². The second-order valence-electron chi connectivity index (χ2n) is 14.3. The van der Waals surface area contributed by atoms with Crippen molar-refractivity contribution in [3.05, 3.63) is 76.5 Å². The highest BCUT2D eigenvalue weighted by Gasteiger charge is 2.34. The summed E-state index contributed by atoms with van der Waals surface area (Å²) in [6, 6.07) is 15.9. The predicted molar refractivity (Wildman–Crippen MR) is 166 cm³/mol. The average Bonchev–Trinajstić information content (AvgIpc) is 2.84. The Morgan fingerprint density at radius 2 is 1.38 bits per heavy atom. The first-order valence-corrected chi connectivity index (χ1v) is 14.4. The Labute approximate surface area is 233 Å². The predicted octanol–water partition coefficient (Wildman–Crippen LogP) is 9.85. The molecule has 1 aliphatic heterocycles. The molecule has 0 bridgehead atoms. The van der Waals surface area contributed by atoms with Crippen molar-refractivity contribution in [1.82, 2.24) is 0 Å². The van der Waals surface area contributed by atoms with Gasteiger partial charge in [0.25, 0.3) is 0 Å². The number of aryl methyl sites for hydroxylation is 4. The Morgan fingerprint density at radius 1 is 0.718 bits per heavy atom. The first-order valence-electron chi connectivity index (χ1n) is 14.4. The Bertz CT molecular complexity index is 1830. The molecule has 0 spiro atoms. The van der Waals surface area contributed by atoms with E-state index in [0.29, 0.717) is 0 Å². The van der Waals surface area contributed by atoms with Gasteiger partial charge in [-0.1, -0.05) is 71.9 Å². The summed E-state index contributed by atoms with van der Waals surface area (Å²) in [7, 11) is 2.18. The summed E-state index contributed by atoms with van der Waals surface area (Å²) in [5, 5.41) is 7.81. The zero-order valence-electron chi connectivity index (χ0n) is 25.4. The zero-order chi connectivity index (χ0) is 28.0. The molecule has 0 atom stereocenters. The summed E-state index contributed by atoms with van der Waals surface area (Å²) < 4.78 is 9.40. The second kappa shape index (κ2) is 8.55. The van der Waals surface area contributed by atoms with Gasteiger partial charge in [0.2, 0.25) is 5.69 Å². The van der Waals surface area contributed by atoms with E-state index in [1.54, 1.807) is 0 Å². The largest absolute Gasteiger partial charge is 0.455 e. The number of aromatic nitrogens is 1. The van der Waals surface area contributed by atoms with E-state index in [1.165, 1.54) is 71.4 Å². The lowest BCUT2D eigenvalue weighted by Gasteiger charge is -2.29. The summed E-state index contributed by atoms with van der Waals surface area (Å²) in [6.07, 6.45) is 4.25. The van der Waals surface area contributed by atoms with Crippen LogP contribution in [-0.2, 0) is 19.9 Å². The Kier molecular flexibility index (Phi) is 5.67. The molecule has 39 heavy (non-hydrogen) atoms. The summed E-state index contributed by atoms with van der Waals surface area (Å²) in [5.41, 5.74) is 9.62. The van der Waals surface area contributed by atoms with Gasteiger partial charge >= 0.3 is 0 Å². The molecule has 0 N–H and O–H groups in total. The van der Waals surface area contributed by atoms with Crippen LogP contribution in [0.2, 0.25) is 0 Å². The number of fused-ring (bicyclic) bond motifs is 5. The highest BCUT2D eigenvalue weighted by Crippen LogP contribution is 2.53. The molecule has 0 unspecified atom stereocenters. The van der Waals surface area contributed by atoms with Crippen LogP contribution in [0, 0.1) is 31.6 Å². The Morgan fingerprint density at radius 3 is 2.05 bits per heavy atom. The van der Waals surface area contributed by atoms with E-state index in [1.807, 2.05) is 0 Å². The summed E-state index contributed by atoms with van der Waals surface area (Å²) in [6.45, 7) is 20.8. The molecule has 2 heterocycles. The molecule has 0 radical (unpaired) electrons. The highest BCUT2D eigenvalue weighted by molar-refractivity contribution is 6.18. The van der Waals surface area contributed by atoms with Crippen LogP contribution < -0.4 is 9.30 Å². The van der Waals surface area contributed by atoms with Crippen molar-refractivity contribution in [2.75, 3.05) is 0 Å². The Balaban J connectivity index is 1.76. The fraction of sp³-hybridized carbons (Fsp3) is 0.378. The minimum Gasteiger partial charge on any atom is -0.455 e. The molecule has 1 aliphatic rings. The molecule has 0 saturated heterocycles. The molecular formula is C37H42NO+. The molecule has 0 saturated carbocycles. The normalized spacial score (nSPS) is 13.3. The van der Waals surface area contributed by atoms with Gasteiger partial charge in [0, 0.05) is 17.0 Å². The number of rotatable bonds is 2. The van der Waals surface area contributed by atoms with Gasteiger partial charge in [0.05, 0.1) is 10.9 Å². The molecule has 2 heteroatoms. The van der Waals surface area contributed by atoms with Crippen molar-refractivity contribution in [1.29, 1.82) is 0 Å². The molecule has 0 fully saturated rings. The number of pyridine rings is 1. The molecule has 6 rings (SSSR count). The molecule has 4 aromatic carbocycles. The maximum Gasteiger partial charge on any atom is 0.228 e. The number of nitrogens with zero attached hydrogens (tertiary/aromatic N) is 1. The third-order valence-electron chi connectivity index (χ3n) is 8.46. The zero-order valence-corrected chi connectivity index (χ0v) is 25.4. The van der Waals surface area contributed by atoms with Gasteiger partial charge in [0.15, 0.2) is 6.20 Å². The molecule has 1 aromatic heterocycles. The van der Waals surface area contributed by atoms with Crippen molar-refractivity contribution >= 4 is 32.3 Å². The van der Waals surface area contributed by atoms with Gasteiger partial charge < -0.3 is 4.74 Å². The SMILES string of the molecule is Cc1c2c(c(CC(C)(C)C)c3ccccc13)Oc1cc3c(C)c(CC(C)(C)C)cc(C)c3c3cc[n+](C)c-2c13. The van der Waals surface area contributed by atoms with Crippen LogP contribution in [0.5, 0.6) is 11.5 Å². The highest BCUT2D eigenvalue weighted by atomic mass is 16.5. The van der Waals surface area contributed by atoms with Crippen LogP contribution in [-0.4, -0.2) is 0 Å².